The van der Waals surface area contributed by atoms with E-state index in [0.29, 0.717) is 17.4 Å². The molecule has 0 aromatic carbocycles. The first-order chi connectivity index (χ1) is 8.46. The number of nitrogens with two attached hydrogens (primary N) is 1. The summed E-state index contributed by atoms with van der Waals surface area (Å²) in [6, 6.07) is 1.76. The Hall–Kier alpha value is -0.430. The van der Waals surface area contributed by atoms with Gasteiger partial charge in [-0.1, -0.05) is 6.92 Å². The fourth-order valence-electron chi connectivity index (χ4n) is 2.42. The van der Waals surface area contributed by atoms with E-state index in [1.165, 1.54) is 11.3 Å². The minimum absolute atomic E-state index is 0.0803. The van der Waals surface area contributed by atoms with Crippen LogP contribution in [0.1, 0.15) is 31.6 Å². The highest BCUT2D eigenvalue weighted by molar-refractivity contribution is 7.89. The number of sulfonamides is 1. The fraction of sp³-hybridized carbons (Fsp3) is 0.667. The van der Waals surface area contributed by atoms with Crippen LogP contribution in [-0.4, -0.2) is 25.3 Å². The van der Waals surface area contributed by atoms with E-state index < -0.39 is 10.0 Å². The first-order valence-electron chi connectivity index (χ1n) is 6.25. The second kappa shape index (κ2) is 5.28. The number of hydrogen-bond acceptors (Lipinski definition) is 4. The van der Waals surface area contributed by atoms with E-state index in [-0.39, 0.29) is 12.6 Å². The summed E-state index contributed by atoms with van der Waals surface area (Å²) in [6.45, 7) is 4.98. The van der Waals surface area contributed by atoms with Gasteiger partial charge in [0.25, 0.3) is 0 Å². The van der Waals surface area contributed by atoms with Crippen LogP contribution in [0.2, 0.25) is 0 Å². The molecule has 102 valence electrons. The van der Waals surface area contributed by atoms with Crippen molar-refractivity contribution in [2.75, 3.05) is 6.54 Å². The molecule has 2 rings (SSSR count). The van der Waals surface area contributed by atoms with Crippen molar-refractivity contribution in [3.05, 3.63) is 16.3 Å². The Labute approximate surface area is 113 Å². The Morgan fingerprint density at radius 3 is 2.83 bits per heavy atom. The van der Waals surface area contributed by atoms with Crippen molar-refractivity contribution < 1.29 is 8.42 Å². The van der Waals surface area contributed by atoms with Crippen LogP contribution in [0.4, 0.5) is 0 Å². The molecule has 1 aromatic heterocycles. The summed E-state index contributed by atoms with van der Waals surface area (Å²) in [5.74, 6) is 0.427. The second-order valence-corrected chi connectivity index (χ2v) is 7.88. The van der Waals surface area contributed by atoms with Gasteiger partial charge in [-0.2, -0.15) is 4.31 Å². The van der Waals surface area contributed by atoms with Crippen LogP contribution in [0.3, 0.4) is 0 Å². The highest BCUT2D eigenvalue weighted by Crippen LogP contribution is 2.31. The lowest BCUT2D eigenvalue weighted by Crippen LogP contribution is -2.44. The van der Waals surface area contributed by atoms with Gasteiger partial charge in [-0.05, 0) is 37.1 Å². The lowest BCUT2D eigenvalue weighted by atomic mass is 9.97. The molecule has 1 aliphatic heterocycles. The molecule has 0 spiro atoms. The molecule has 1 aromatic rings. The van der Waals surface area contributed by atoms with Crippen molar-refractivity contribution >= 4 is 21.4 Å². The van der Waals surface area contributed by atoms with Gasteiger partial charge in [0.2, 0.25) is 10.0 Å². The van der Waals surface area contributed by atoms with Gasteiger partial charge in [-0.3, -0.25) is 0 Å². The van der Waals surface area contributed by atoms with Gasteiger partial charge in [0.1, 0.15) is 0 Å². The van der Waals surface area contributed by atoms with E-state index in [9.17, 15) is 8.42 Å². The van der Waals surface area contributed by atoms with Crippen molar-refractivity contribution in [3.8, 4) is 0 Å². The molecule has 2 unspecified atom stereocenters. The third-order valence-electron chi connectivity index (χ3n) is 3.54. The molecule has 18 heavy (non-hydrogen) atoms. The largest absolute Gasteiger partial charge is 0.326 e. The van der Waals surface area contributed by atoms with Crippen LogP contribution in [0.15, 0.2) is 16.3 Å². The highest BCUT2D eigenvalue weighted by atomic mass is 32.2. The predicted octanol–water partition coefficient (Wildman–Crippen LogP) is 2.02. The van der Waals surface area contributed by atoms with E-state index in [0.717, 1.165) is 17.7 Å². The lowest BCUT2D eigenvalue weighted by Gasteiger charge is -2.35. The van der Waals surface area contributed by atoms with Crippen LogP contribution in [-0.2, 0) is 16.6 Å². The SMILES string of the molecule is CC1CCC(C)N(S(=O)(=O)c2ccsc2CN)C1. The zero-order valence-corrected chi connectivity index (χ0v) is 12.4. The third-order valence-corrected chi connectivity index (χ3v) is 6.67. The highest BCUT2D eigenvalue weighted by Gasteiger charge is 2.34. The maximum Gasteiger partial charge on any atom is 0.244 e. The van der Waals surface area contributed by atoms with Crippen LogP contribution in [0.5, 0.6) is 0 Å². The molecular formula is C12H20N2O2S2. The van der Waals surface area contributed by atoms with Crippen LogP contribution in [0, 0.1) is 5.92 Å². The van der Waals surface area contributed by atoms with Crippen LogP contribution >= 0.6 is 11.3 Å². The molecule has 6 heteroatoms. The quantitative estimate of drug-likeness (QED) is 0.925. The zero-order chi connectivity index (χ0) is 13.3. The maximum absolute atomic E-state index is 12.7. The Balaban J connectivity index is 2.36. The van der Waals surface area contributed by atoms with E-state index in [1.807, 2.05) is 6.92 Å². The van der Waals surface area contributed by atoms with Gasteiger partial charge in [-0.15, -0.1) is 11.3 Å². The second-order valence-electron chi connectivity index (χ2n) is 5.02. The predicted molar refractivity (Wildman–Crippen MR) is 74.0 cm³/mol. The normalized spacial score (nSPS) is 26.4. The van der Waals surface area contributed by atoms with Gasteiger partial charge in [0, 0.05) is 24.0 Å². The number of piperidine rings is 1. The van der Waals surface area contributed by atoms with Gasteiger partial charge >= 0.3 is 0 Å². The van der Waals surface area contributed by atoms with Crippen molar-refractivity contribution in [2.45, 2.75) is 44.2 Å². The molecule has 1 saturated heterocycles. The van der Waals surface area contributed by atoms with Crippen LogP contribution in [0.25, 0.3) is 0 Å². The summed E-state index contributed by atoms with van der Waals surface area (Å²) in [5.41, 5.74) is 5.61. The summed E-state index contributed by atoms with van der Waals surface area (Å²) in [5, 5.41) is 1.80. The minimum atomic E-state index is -3.38. The van der Waals surface area contributed by atoms with Gasteiger partial charge in [0.15, 0.2) is 0 Å². The Kier molecular flexibility index (Phi) is 4.11. The average Bonchev–Trinajstić information content (AvgIpc) is 2.81. The number of thiophene rings is 1. The summed E-state index contributed by atoms with van der Waals surface area (Å²) >= 11 is 1.41. The molecule has 2 atom stereocenters. The van der Waals surface area contributed by atoms with E-state index in [4.69, 9.17) is 5.73 Å². The Bertz CT molecular complexity index is 510. The smallest absolute Gasteiger partial charge is 0.244 e. The third kappa shape index (κ3) is 2.47. The van der Waals surface area contributed by atoms with E-state index >= 15 is 0 Å². The molecule has 2 heterocycles. The number of rotatable bonds is 3. The number of nitrogens with zero attached hydrogens (tertiary/aromatic N) is 1. The van der Waals surface area contributed by atoms with Crippen molar-refractivity contribution in [1.82, 2.24) is 4.31 Å². The van der Waals surface area contributed by atoms with Crippen molar-refractivity contribution in [1.29, 1.82) is 0 Å². The first-order valence-corrected chi connectivity index (χ1v) is 8.57. The van der Waals surface area contributed by atoms with E-state index in [2.05, 4.69) is 6.92 Å². The summed E-state index contributed by atoms with van der Waals surface area (Å²) in [6.07, 6.45) is 2.03. The van der Waals surface area contributed by atoms with Crippen molar-refractivity contribution in [2.24, 2.45) is 11.7 Å². The molecule has 0 radical (unpaired) electrons. The molecular weight excluding hydrogens is 268 g/mol. The van der Waals surface area contributed by atoms with Gasteiger partial charge in [-0.25, -0.2) is 8.42 Å². The van der Waals surface area contributed by atoms with Crippen LogP contribution < -0.4 is 5.73 Å². The topological polar surface area (TPSA) is 63.4 Å². The molecule has 1 aliphatic rings. The number of hydrogen-bond donors (Lipinski definition) is 1. The molecule has 0 saturated carbocycles. The standard InChI is InChI=1S/C12H20N2O2S2/c1-9-3-4-10(2)14(8-9)18(15,16)12-5-6-17-11(12)7-13/h5-6,9-10H,3-4,7-8,13H2,1-2H3. The molecule has 0 amide bonds. The monoisotopic (exact) mass is 288 g/mol. The first kappa shape index (κ1) is 14.0. The summed E-state index contributed by atoms with van der Waals surface area (Å²) in [4.78, 5) is 1.15. The van der Waals surface area contributed by atoms with E-state index in [1.54, 1.807) is 15.8 Å². The average molecular weight is 288 g/mol. The summed E-state index contributed by atoms with van der Waals surface area (Å²) in [7, 11) is -3.38. The van der Waals surface area contributed by atoms with Crippen molar-refractivity contribution in [3.63, 3.8) is 0 Å². The maximum atomic E-state index is 12.7. The minimum Gasteiger partial charge on any atom is -0.326 e. The molecule has 0 bridgehead atoms. The Morgan fingerprint density at radius 2 is 2.17 bits per heavy atom. The van der Waals surface area contributed by atoms with Gasteiger partial charge < -0.3 is 5.73 Å². The fourth-order valence-corrected chi connectivity index (χ4v) is 5.51. The summed E-state index contributed by atoms with van der Waals surface area (Å²) < 4.78 is 27.0. The molecule has 0 aliphatic carbocycles. The van der Waals surface area contributed by atoms with Gasteiger partial charge in [0.05, 0.1) is 4.90 Å². The lowest BCUT2D eigenvalue weighted by molar-refractivity contribution is 0.218. The zero-order valence-electron chi connectivity index (χ0n) is 10.8. The molecule has 4 nitrogen and oxygen atoms in total. The molecule has 1 fully saturated rings. The Morgan fingerprint density at radius 1 is 1.44 bits per heavy atom. The molecule has 2 N–H and O–H groups in total.